The lowest BCUT2D eigenvalue weighted by Crippen LogP contribution is -2.27. The van der Waals surface area contributed by atoms with Gasteiger partial charge in [0.15, 0.2) is 5.96 Å². The van der Waals surface area contributed by atoms with E-state index in [0.29, 0.717) is 0 Å². The summed E-state index contributed by atoms with van der Waals surface area (Å²) in [6, 6.07) is 0. The van der Waals surface area contributed by atoms with Crippen LogP contribution >= 0.6 is 0 Å². The Hall–Kier alpha value is -1.79. The molecule has 12 heavy (non-hydrogen) atoms. The van der Waals surface area contributed by atoms with E-state index in [1.165, 1.54) is 7.05 Å². The number of aliphatic imine (C=N–C) groups is 2. The van der Waals surface area contributed by atoms with Crippen LogP contribution in [0.25, 0.3) is 0 Å². The quantitative estimate of drug-likeness (QED) is 0.267. The molecule has 7 nitrogen and oxygen atoms in total. The summed E-state index contributed by atoms with van der Waals surface area (Å²) in [5.74, 6) is -0.560. The third-order valence-corrected chi connectivity index (χ3v) is 0.907. The van der Waals surface area contributed by atoms with E-state index in [2.05, 4.69) is 15.3 Å². The number of nitrogens with two attached hydrogens (primary N) is 3. The number of nitrogens with zero attached hydrogens (tertiary/aromatic N) is 2. The second kappa shape index (κ2) is 4.94. The molecule has 0 radical (unpaired) electrons. The fourth-order valence-corrected chi connectivity index (χ4v) is 0.399. The zero-order valence-corrected chi connectivity index (χ0v) is 6.74. The summed E-state index contributed by atoms with van der Waals surface area (Å²) >= 11 is 0. The molecular formula is C5H12N6O. The van der Waals surface area contributed by atoms with Gasteiger partial charge in [0.25, 0.3) is 0 Å². The first-order valence-electron chi connectivity index (χ1n) is 3.16. The van der Waals surface area contributed by atoms with E-state index < -0.39 is 0 Å². The van der Waals surface area contributed by atoms with Crippen molar-refractivity contribution in [2.45, 2.75) is 0 Å². The van der Waals surface area contributed by atoms with E-state index >= 15 is 0 Å². The minimum Gasteiger partial charge on any atom is -0.370 e. The number of carbonyl (C=O) groups is 1. The molecule has 0 saturated carbocycles. The van der Waals surface area contributed by atoms with Gasteiger partial charge in [-0.05, 0) is 0 Å². The molecule has 1 amide bonds. The zero-order valence-electron chi connectivity index (χ0n) is 6.74. The van der Waals surface area contributed by atoms with Gasteiger partial charge in [-0.15, -0.1) is 0 Å². The third-order valence-electron chi connectivity index (χ3n) is 0.907. The van der Waals surface area contributed by atoms with Crippen LogP contribution in [0.5, 0.6) is 0 Å². The van der Waals surface area contributed by atoms with Crippen LogP contribution in [0.15, 0.2) is 9.98 Å². The van der Waals surface area contributed by atoms with Gasteiger partial charge in [-0.2, -0.15) is 4.99 Å². The lowest BCUT2D eigenvalue weighted by molar-refractivity contribution is -0.119. The number of likely N-dealkylation sites (N-methyl/N-ethyl adjacent to an activating group) is 1. The SMILES string of the molecule is CNC(=O)CN=C(N)N=C(N)N. The molecule has 0 aliphatic rings. The average molecular weight is 172 g/mol. The maximum absolute atomic E-state index is 10.6. The number of hydrogen-bond donors (Lipinski definition) is 4. The van der Waals surface area contributed by atoms with Crippen molar-refractivity contribution in [3.63, 3.8) is 0 Å². The normalized spacial score (nSPS) is 10.6. The first kappa shape index (κ1) is 10.2. The minimum atomic E-state index is -0.260. The van der Waals surface area contributed by atoms with E-state index in [9.17, 15) is 4.79 Å². The van der Waals surface area contributed by atoms with Crippen molar-refractivity contribution in [2.24, 2.45) is 27.2 Å². The lowest BCUT2D eigenvalue weighted by Gasteiger charge is -1.94. The number of amides is 1. The Labute approximate surface area is 69.7 Å². The van der Waals surface area contributed by atoms with Gasteiger partial charge in [0.1, 0.15) is 6.54 Å². The Morgan fingerprint density at radius 2 is 2.00 bits per heavy atom. The smallest absolute Gasteiger partial charge is 0.241 e. The first-order chi connectivity index (χ1) is 5.56. The molecule has 0 fully saturated rings. The van der Waals surface area contributed by atoms with Crippen molar-refractivity contribution in [3.05, 3.63) is 0 Å². The van der Waals surface area contributed by atoms with Crippen LogP contribution in [0.2, 0.25) is 0 Å². The molecule has 0 aromatic rings. The summed E-state index contributed by atoms with van der Waals surface area (Å²) in [4.78, 5) is 17.6. The summed E-state index contributed by atoms with van der Waals surface area (Å²) in [5.41, 5.74) is 15.2. The van der Waals surface area contributed by atoms with E-state index in [1.807, 2.05) is 0 Å². The maximum atomic E-state index is 10.6. The van der Waals surface area contributed by atoms with Gasteiger partial charge in [0.2, 0.25) is 11.9 Å². The molecule has 7 heteroatoms. The molecule has 0 unspecified atom stereocenters. The Morgan fingerprint density at radius 1 is 1.42 bits per heavy atom. The molecule has 68 valence electrons. The topological polar surface area (TPSA) is 132 Å². The molecule has 0 saturated heterocycles. The third kappa shape index (κ3) is 5.03. The number of guanidine groups is 2. The van der Waals surface area contributed by atoms with Crippen molar-refractivity contribution >= 4 is 17.8 Å². The van der Waals surface area contributed by atoms with E-state index in [1.54, 1.807) is 0 Å². The van der Waals surface area contributed by atoms with Gasteiger partial charge in [-0.25, -0.2) is 4.99 Å². The largest absolute Gasteiger partial charge is 0.370 e. The van der Waals surface area contributed by atoms with Crippen LogP contribution in [0.1, 0.15) is 0 Å². The molecule has 0 aliphatic carbocycles. The lowest BCUT2D eigenvalue weighted by atomic mass is 10.6. The summed E-state index contributed by atoms with van der Waals surface area (Å²) in [7, 11) is 1.49. The van der Waals surface area contributed by atoms with Gasteiger partial charge in [0, 0.05) is 7.05 Å². The molecule has 0 atom stereocenters. The van der Waals surface area contributed by atoms with Crippen molar-refractivity contribution in [1.29, 1.82) is 0 Å². The average Bonchev–Trinajstić information content (AvgIpc) is 1.99. The highest BCUT2D eigenvalue weighted by atomic mass is 16.1. The summed E-state index contributed by atoms with van der Waals surface area (Å²) < 4.78 is 0. The van der Waals surface area contributed by atoms with Crippen LogP contribution in [0.3, 0.4) is 0 Å². The second-order valence-corrected chi connectivity index (χ2v) is 1.88. The number of hydrogen-bond acceptors (Lipinski definition) is 2. The highest BCUT2D eigenvalue weighted by molar-refractivity contribution is 5.93. The Morgan fingerprint density at radius 3 is 2.42 bits per heavy atom. The molecule has 0 aromatic heterocycles. The molecule has 0 bridgehead atoms. The Bertz CT molecular complexity index is 216. The molecule has 0 heterocycles. The van der Waals surface area contributed by atoms with Crippen molar-refractivity contribution in [2.75, 3.05) is 13.6 Å². The van der Waals surface area contributed by atoms with E-state index in [4.69, 9.17) is 17.2 Å². The maximum Gasteiger partial charge on any atom is 0.241 e. The van der Waals surface area contributed by atoms with Gasteiger partial charge in [-0.3, -0.25) is 4.79 Å². The standard InChI is InChI=1S/C5H12N6O/c1-9-3(12)2-10-5(8)11-4(6)7/h2H2,1H3,(H,9,12)(H6,6,7,8,10,11). The highest BCUT2D eigenvalue weighted by Gasteiger charge is 1.94. The summed E-state index contributed by atoms with van der Waals surface area (Å²) in [6.45, 7) is -0.0842. The van der Waals surface area contributed by atoms with Gasteiger partial charge in [-0.1, -0.05) is 0 Å². The second-order valence-electron chi connectivity index (χ2n) is 1.88. The predicted molar refractivity (Wildman–Crippen MR) is 46.4 cm³/mol. The number of carbonyl (C=O) groups excluding carboxylic acids is 1. The first-order valence-corrected chi connectivity index (χ1v) is 3.16. The van der Waals surface area contributed by atoms with Crippen molar-refractivity contribution in [1.82, 2.24) is 5.32 Å². The van der Waals surface area contributed by atoms with Crippen LogP contribution < -0.4 is 22.5 Å². The molecule has 0 aromatic carbocycles. The van der Waals surface area contributed by atoms with Gasteiger partial charge < -0.3 is 22.5 Å². The fourth-order valence-electron chi connectivity index (χ4n) is 0.399. The van der Waals surface area contributed by atoms with E-state index in [-0.39, 0.29) is 24.4 Å². The fraction of sp³-hybridized carbons (Fsp3) is 0.400. The highest BCUT2D eigenvalue weighted by Crippen LogP contribution is 1.73. The minimum absolute atomic E-state index is 0.0842. The van der Waals surface area contributed by atoms with E-state index in [0.717, 1.165) is 0 Å². The van der Waals surface area contributed by atoms with Gasteiger partial charge >= 0.3 is 0 Å². The van der Waals surface area contributed by atoms with Crippen molar-refractivity contribution < 1.29 is 4.79 Å². The Kier molecular flexibility index (Phi) is 4.20. The van der Waals surface area contributed by atoms with Crippen LogP contribution in [-0.2, 0) is 4.79 Å². The molecule has 0 spiro atoms. The van der Waals surface area contributed by atoms with Crippen LogP contribution in [0, 0.1) is 0 Å². The monoisotopic (exact) mass is 172 g/mol. The van der Waals surface area contributed by atoms with Crippen molar-refractivity contribution in [3.8, 4) is 0 Å². The molecular weight excluding hydrogens is 160 g/mol. The van der Waals surface area contributed by atoms with Crippen LogP contribution in [-0.4, -0.2) is 31.4 Å². The summed E-state index contributed by atoms with van der Waals surface area (Å²) in [6.07, 6.45) is 0. The number of rotatable bonds is 2. The molecule has 7 N–H and O–H groups in total. The molecule has 0 aliphatic heterocycles. The van der Waals surface area contributed by atoms with Crippen LogP contribution in [0.4, 0.5) is 0 Å². The predicted octanol–water partition coefficient (Wildman–Crippen LogP) is -2.68. The van der Waals surface area contributed by atoms with Gasteiger partial charge in [0.05, 0.1) is 0 Å². The number of nitrogens with one attached hydrogen (secondary N) is 1. The zero-order chi connectivity index (χ0) is 9.56. The summed E-state index contributed by atoms with van der Waals surface area (Å²) in [5, 5.41) is 2.36. The molecule has 0 rings (SSSR count). The Balaban J connectivity index is 4.02.